The highest BCUT2D eigenvalue weighted by Crippen LogP contribution is 2.44. The maximum absolute atomic E-state index is 13.4. The third-order valence-electron chi connectivity index (χ3n) is 5.72. The van der Waals surface area contributed by atoms with Crippen LogP contribution in [0.3, 0.4) is 0 Å². The number of amides is 1. The van der Waals surface area contributed by atoms with Gasteiger partial charge in [0.15, 0.2) is 5.13 Å². The number of thiazole rings is 1. The van der Waals surface area contributed by atoms with Gasteiger partial charge in [-0.3, -0.25) is 14.5 Å². The van der Waals surface area contributed by atoms with Crippen molar-refractivity contribution in [2.45, 2.75) is 26.3 Å². The Labute approximate surface area is 237 Å². The van der Waals surface area contributed by atoms with Crippen LogP contribution in [0, 0.1) is 10.5 Å². The van der Waals surface area contributed by atoms with E-state index in [4.69, 9.17) is 9.47 Å². The molecule has 1 saturated heterocycles. The largest absolute Gasteiger partial charge is 0.507 e. The zero-order chi connectivity index (χ0) is 27.4. The average molecular weight is 644 g/mol. The van der Waals surface area contributed by atoms with Crippen LogP contribution in [0.25, 0.3) is 5.76 Å². The maximum Gasteiger partial charge on any atom is 0.350 e. The molecule has 38 heavy (non-hydrogen) atoms. The number of nitrogens with zero attached hydrogens (tertiary/aromatic N) is 2. The van der Waals surface area contributed by atoms with E-state index in [1.165, 1.54) is 11.0 Å². The van der Waals surface area contributed by atoms with Gasteiger partial charge in [0.05, 0.1) is 23.9 Å². The van der Waals surface area contributed by atoms with Gasteiger partial charge in [0.1, 0.15) is 23.0 Å². The van der Waals surface area contributed by atoms with Crippen molar-refractivity contribution in [2.24, 2.45) is 0 Å². The first-order chi connectivity index (χ1) is 18.3. The lowest BCUT2D eigenvalue weighted by Gasteiger charge is -2.23. The second-order valence-corrected chi connectivity index (χ2v) is 10.6. The van der Waals surface area contributed by atoms with E-state index in [1.54, 1.807) is 43.3 Å². The number of aliphatic hydroxyl groups is 1. The zero-order valence-electron chi connectivity index (χ0n) is 20.8. The monoisotopic (exact) mass is 644 g/mol. The molecule has 1 amide bonds. The van der Waals surface area contributed by atoms with Crippen molar-refractivity contribution in [3.05, 3.63) is 92.0 Å². The van der Waals surface area contributed by atoms with Gasteiger partial charge in [-0.25, -0.2) is 9.78 Å². The number of carbonyl (C=O) groups excluding carboxylic acids is 3. The number of hydrogen-bond donors (Lipinski definition) is 1. The smallest absolute Gasteiger partial charge is 0.350 e. The molecule has 10 heteroatoms. The van der Waals surface area contributed by atoms with Gasteiger partial charge in [-0.2, -0.15) is 0 Å². The van der Waals surface area contributed by atoms with Gasteiger partial charge in [0.2, 0.25) is 0 Å². The molecule has 0 bridgehead atoms. The summed E-state index contributed by atoms with van der Waals surface area (Å²) in [6, 6.07) is 13.1. The summed E-state index contributed by atoms with van der Waals surface area (Å²) in [6.45, 7) is 7.67. The zero-order valence-corrected chi connectivity index (χ0v) is 23.7. The lowest BCUT2D eigenvalue weighted by Crippen LogP contribution is -2.29. The molecule has 0 aliphatic carbocycles. The third kappa shape index (κ3) is 5.51. The maximum atomic E-state index is 13.4. The van der Waals surface area contributed by atoms with Crippen LogP contribution in [0.2, 0.25) is 0 Å². The molecular formula is C28H25IN2O6S. The number of ether oxygens (including phenoxy) is 2. The number of carbonyl (C=O) groups is 3. The number of Topliss-reactive ketones (excluding diaryl/α,β-unsaturated/α-hetero) is 1. The SMILES string of the molecule is C=CCOC(=O)c1sc(N2C(=O)C(=O)/C(=C(/O)c3cccc(OCCC)c3)C2c2ccc(I)cc2)nc1C. The lowest BCUT2D eigenvalue weighted by molar-refractivity contribution is -0.132. The Morgan fingerprint density at radius 3 is 2.66 bits per heavy atom. The van der Waals surface area contributed by atoms with E-state index < -0.39 is 23.7 Å². The number of anilines is 1. The molecule has 1 unspecified atom stereocenters. The van der Waals surface area contributed by atoms with Gasteiger partial charge in [-0.15, -0.1) is 0 Å². The van der Waals surface area contributed by atoms with E-state index >= 15 is 0 Å². The van der Waals surface area contributed by atoms with Crippen LogP contribution in [0.15, 0.2) is 66.8 Å². The van der Waals surface area contributed by atoms with Gasteiger partial charge in [-0.1, -0.05) is 55.2 Å². The molecule has 1 fully saturated rings. The van der Waals surface area contributed by atoms with Crippen molar-refractivity contribution in [2.75, 3.05) is 18.1 Å². The summed E-state index contributed by atoms with van der Waals surface area (Å²) in [7, 11) is 0. The number of aromatic nitrogens is 1. The van der Waals surface area contributed by atoms with Crippen molar-refractivity contribution in [1.82, 2.24) is 4.98 Å². The Morgan fingerprint density at radius 1 is 1.24 bits per heavy atom. The number of halogens is 1. The Bertz CT molecular complexity index is 1430. The highest BCUT2D eigenvalue weighted by molar-refractivity contribution is 14.1. The fraction of sp³-hybridized carbons (Fsp3) is 0.214. The molecular weight excluding hydrogens is 619 g/mol. The lowest BCUT2D eigenvalue weighted by atomic mass is 9.95. The van der Waals surface area contributed by atoms with Crippen molar-refractivity contribution >= 4 is 62.5 Å². The quantitative estimate of drug-likeness (QED) is 0.0783. The van der Waals surface area contributed by atoms with Crippen LogP contribution in [0.1, 0.15) is 45.9 Å². The normalized spacial score (nSPS) is 16.5. The molecule has 196 valence electrons. The van der Waals surface area contributed by atoms with E-state index in [0.717, 1.165) is 21.3 Å². The Hall–Kier alpha value is -3.51. The first-order valence-corrected chi connectivity index (χ1v) is 13.7. The highest BCUT2D eigenvalue weighted by Gasteiger charge is 2.48. The number of esters is 1. The van der Waals surface area contributed by atoms with Crippen LogP contribution in [-0.4, -0.2) is 41.0 Å². The summed E-state index contributed by atoms with van der Waals surface area (Å²) in [5.41, 5.74) is 1.24. The van der Waals surface area contributed by atoms with Gasteiger partial charge < -0.3 is 14.6 Å². The molecule has 4 rings (SSSR count). The van der Waals surface area contributed by atoms with E-state index in [2.05, 4.69) is 34.2 Å². The molecule has 3 aromatic rings. The fourth-order valence-electron chi connectivity index (χ4n) is 3.97. The summed E-state index contributed by atoms with van der Waals surface area (Å²) in [4.78, 5) is 45.2. The summed E-state index contributed by atoms with van der Waals surface area (Å²) < 4.78 is 11.8. The molecule has 8 nitrogen and oxygen atoms in total. The minimum atomic E-state index is -0.963. The van der Waals surface area contributed by atoms with Gasteiger partial charge in [-0.05, 0) is 65.8 Å². The van der Waals surface area contributed by atoms with Gasteiger partial charge >= 0.3 is 11.9 Å². The van der Waals surface area contributed by atoms with Gasteiger partial charge in [0, 0.05) is 9.13 Å². The van der Waals surface area contributed by atoms with Crippen molar-refractivity contribution in [3.8, 4) is 5.75 Å². The molecule has 2 heterocycles. The standard InChI is InChI=1S/C28H25IN2O6S/c1-4-13-36-20-8-6-7-18(15-20)23(32)21-22(17-9-11-19(29)12-10-17)31(26(34)24(21)33)28-30-16(3)25(38-28)27(35)37-14-5-2/h5-12,15,22,32H,2,4,13-14H2,1,3H3/b23-21+. The third-order valence-corrected chi connectivity index (χ3v) is 7.58. The number of aryl methyl sites for hydroxylation is 1. The molecule has 1 aromatic heterocycles. The summed E-state index contributed by atoms with van der Waals surface area (Å²) >= 11 is 3.11. The molecule has 2 aromatic carbocycles. The molecule has 1 N–H and O–H groups in total. The predicted molar refractivity (Wildman–Crippen MR) is 154 cm³/mol. The molecule has 0 spiro atoms. The number of ketones is 1. The summed E-state index contributed by atoms with van der Waals surface area (Å²) in [5, 5.41) is 11.5. The number of aliphatic hydroxyl groups excluding tert-OH is 1. The summed E-state index contributed by atoms with van der Waals surface area (Å²) in [6.07, 6.45) is 2.26. The van der Waals surface area contributed by atoms with E-state index in [0.29, 0.717) is 29.2 Å². The Balaban J connectivity index is 1.85. The molecule has 0 radical (unpaired) electrons. The second-order valence-electron chi connectivity index (χ2n) is 8.40. The summed E-state index contributed by atoms with van der Waals surface area (Å²) in [5.74, 6) is -2.09. The van der Waals surface area contributed by atoms with Crippen molar-refractivity contribution in [1.29, 1.82) is 0 Å². The van der Waals surface area contributed by atoms with Crippen LogP contribution in [-0.2, 0) is 14.3 Å². The van der Waals surface area contributed by atoms with Crippen molar-refractivity contribution < 1.29 is 29.0 Å². The number of hydrogen-bond acceptors (Lipinski definition) is 8. The van der Waals surface area contributed by atoms with Crippen LogP contribution >= 0.6 is 33.9 Å². The minimum absolute atomic E-state index is 0.0275. The van der Waals surface area contributed by atoms with Crippen LogP contribution in [0.4, 0.5) is 5.13 Å². The van der Waals surface area contributed by atoms with Gasteiger partial charge in [0.25, 0.3) is 5.78 Å². The van der Waals surface area contributed by atoms with E-state index in [1.807, 2.05) is 19.1 Å². The van der Waals surface area contributed by atoms with Crippen LogP contribution in [0.5, 0.6) is 5.75 Å². The fourth-order valence-corrected chi connectivity index (χ4v) is 5.32. The number of benzene rings is 2. The Morgan fingerprint density at radius 2 is 1.97 bits per heavy atom. The van der Waals surface area contributed by atoms with E-state index in [-0.39, 0.29) is 27.9 Å². The molecule has 1 aliphatic heterocycles. The second kappa shape index (κ2) is 11.9. The molecule has 1 atom stereocenters. The van der Waals surface area contributed by atoms with Crippen molar-refractivity contribution in [3.63, 3.8) is 0 Å². The average Bonchev–Trinajstić information content (AvgIpc) is 3.42. The minimum Gasteiger partial charge on any atom is -0.507 e. The van der Waals surface area contributed by atoms with E-state index in [9.17, 15) is 19.5 Å². The topological polar surface area (TPSA) is 106 Å². The number of rotatable bonds is 9. The predicted octanol–water partition coefficient (Wildman–Crippen LogP) is 5.81. The first kappa shape index (κ1) is 27.5. The molecule has 0 saturated carbocycles. The highest BCUT2D eigenvalue weighted by atomic mass is 127. The van der Waals surface area contributed by atoms with Crippen LogP contribution < -0.4 is 9.64 Å². The molecule has 1 aliphatic rings. The Kier molecular flexibility index (Phi) is 8.62. The first-order valence-electron chi connectivity index (χ1n) is 11.8.